The first-order valence-electron chi connectivity index (χ1n) is 6.99. The van der Waals surface area contributed by atoms with E-state index in [0.717, 1.165) is 0 Å². The zero-order chi connectivity index (χ0) is 15.3. The predicted octanol–water partition coefficient (Wildman–Crippen LogP) is 1.15. The van der Waals surface area contributed by atoms with Crippen molar-refractivity contribution in [3.8, 4) is 0 Å². The fourth-order valence-electron chi connectivity index (χ4n) is 1.88. The molecule has 0 aromatic carbocycles. The Morgan fingerprint density at radius 3 is 2.74 bits per heavy atom. The number of hydrogen-bond donors (Lipinski definition) is 1. The van der Waals surface area contributed by atoms with E-state index >= 15 is 0 Å². The Kier molecular flexibility index (Phi) is 5.01. The van der Waals surface area contributed by atoms with Gasteiger partial charge in [0, 0.05) is 14.0 Å². The van der Waals surface area contributed by atoms with Gasteiger partial charge in [0.1, 0.15) is 5.60 Å². The van der Waals surface area contributed by atoms with E-state index in [1.807, 2.05) is 4.90 Å². The maximum atomic E-state index is 11.6. The molecule has 1 heterocycles. The third kappa shape index (κ3) is 5.92. The van der Waals surface area contributed by atoms with Gasteiger partial charge in [0.25, 0.3) is 0 Å². The van der Waals surface area contributed by atoms with Crippen LogP contribution in [-0.2, 0) is 14.3 Å². The lowest BCUT2D eigenvalue weighted by Gasteiger charge is -2.25. The van der Waals surface area contributed by atoms with Gasteiger partial charge in [-0.25, -0.2) is 4.79 Å². The van der Waals surface area contributed by atoms with Crippen LogP contribution < -0.4 is 5.32 Å². The van der Waals surface area contributed by atoms with E-state index in [2.05, 4.69) is 10.1 Å². The maximum Gasteiger partial charge on any atom is 0.407 e. The lowest BCUT2D eigenvalue weighted by atomic mass is 10.2. The molecule has 1 rings (SSSR count). The molecule has 110 valence electrons. The van der Waals surface area contributed by atoms with Gasteiger partial charge in [0.2, 0.25) is 0 Å². The predicted molar refractivity (Wildman–Crippen MR) is 70.8 cm³/mol. The molecule has 1 aliphatic heterocycles. The van der Waals surface area contributed by atoms with Crippen LogP contribution in [-0.4, -0.2) is 55.3 Å². The second-order valence-corrected chi connectivity index (χ2v) is 5.57. The highest BCUT2D eigenvalue weighted by Gasteiger charge is 2.27. The molecule has 1 aliphatic rings. The molecular weight excluding hydrogens is 248 g/mol. The summed E-state index contributed by atoms with van der Waals surface area (Å²) in [6, 6.07) is -0.0379. The third-order valence-electron chi connectivity index (χ3n) is 2.76. The average Bonchev–Trinajstić information content (AvgIpc) is 2.64. The quantitative estimate of drug-likeness (QED) is 0.779. The van der Waals surface area contributed by atoms with Crippen molar-refractivity contribution in [1.82, 2.24) is 10.2 Å². The highest BCUT2D eigenvalue weighted by molar-refractivity contribution is 5.71. The second-order valence-electron chi connectivity index (χ2n) is 5.57. The Bertz CT molecular complexity index is 357. The minimum atomic E-state index is -0.538. The molecule has 6 nitrogen and oxygen atoms in total. The monoisotopic (exact) mass is 274 g/mol. The summed E-state index contributed by atoms with van der Waals surface area (Å²) in [6.07, 6.45) is -0.110. The first-order chi connectivity index (χ1) is 9.21. The molecule has 0 aliphatic carbocycles. The topological polar surface area (TPSA) is 67.9 Å². The van der Waals surface area contributed by atoms with Crippen molar-refractivity contribution in [3.05, 3.63) is 0 Å². The van der Waals surface area contributed by atoms with Crippen molar-refractivity contribution in [2.75, 3.05) is 26.7 Å². The summed E-state index contributed by atoms with van der Waals surface area (Å²) in [5, 5.41) is 2.68. The van der Waals surface area contributed by atoms with Crippen LogP contribution in [0.1, 0.15) is 35.0 Å². The van der Waals surface area contributed by atoms with E-state index < -0.39 is 11.7 Å². The van der Waals surface area contributed by atoms with Crippen molar-refractivity contribution in [3.63, 3.8) is 0 Å². The average molecular weight is 274 g/mol. The molecule has 0 bridgehead atoms. The number of hydrogen-bond acceptors (Lipinski definition) is 5. The number of nitrogens with zero attached hydrogens (tertiary/aromatic N) is 1. The number of methoxy groups -OCH3 is 1. The third-order valence-corrected chi connectivity index (χ3v) is 2.76. The highest BCUT2D eigenvalue weighted by atomic mass is 16.6. The van der Waals surface area contributed by atoms with Crippen molar-refractivity contribution >= 4 is 12.1 Å². The number of amides is 1. The van der Waals surface area contributed by atoms with Crippen LogP contribution in [0.5, 0.6) is 0 Å². The highest BCUT2D eigenvalue weighted by Crippen LogP contribution is 2.16. The molecular formula is C13H24N2O4. The van der Waals surface area contributed by atoms with Gasteiger partial charge in [-0.3, -0.25) is 9.69 Å². The van der Waals surface area contributed by atoms with Crippen LogP contribution in [0.25, 0.3) is 0 Å². The van der Waals surface area contributed by atoms with Gasteiger partial charge >= 0.3 is 12.1 Å². The summed E-state index contributed by atoms with van der Waals surface area (Å²) in [6.45, 7) is 6.41. The van der Waals surface area contributed by atoms with Crippen LogP contribution in [0, 0.1) is 0 Å². The summed E-state index contributed by atoms with van der Waals surface area (Å²) < 4.78 is 17.6. The Hall–Kier alpha value is -1.30. The largest absolute Gasteiger partial charge is 0.468 e. The molecule has 1 amide bonds. The van der Waals surface area contributed by atoms with Gasteiger partial charge in [-0.15, -0.1) is 0 Å². The molecule has 1 fully saturated rings. The van der Waals surface area contributed by atoms with E-state index in [1.165, 1.54) is 7.11 Å². The minimum Gasteiger partial charge on any atom is -0.468 e. The summed E-state index contributed by atoms with van der Waals surface area (Å²) in [5.74, 6) is -0.332. The van der Waals surface area contributed by atoms with Gasteiger partial charge in [0.05, 0.1) is 13.7 Å². The van der Waals surface area contributed by atoms with Crippen LogP contribution in [0.4, 0.5) is 4.79 Å². The molecule has 0 aromatic heterocycles. The molecule has 0 saturated carbocycles. The Labute approximate surface area is 115 Å². The number of rotatable bonds is 4. The molecule has 19 heavy (non-hydrogen) atoms. The first-order valence-corrected chi connectivity index (χ1v) is 6.41. The fraction of sp³-hybridized carbons (Fsp3) is 0.846. The maximum absolute atomic E-state index is 11.6. The molecule has 0 radical (unpaired) electrons. The molecule has 0 aromatic rings. The number of likely N-dealkylation sites (tertiary alicyclic amines) is 1. The summed E-state index contributed by atoms with van der Waals surface area (Å²) >= 11 is 0. The van der Waals surface area contributed by atoms with Crippen molar-refractivity contribution in [2.24, 2.45) is 0 Å². The minimum absolute atomic E-state index is 0.0379. The van der Waals surface area contributed by atoms with Crippen LogP contribution in [0.2, 0.25) is 0 Å². The molecule has 1 N–H and O–H groups in total. The van der Waals surface area contributed by atoms with E-state index in [9.17, 15) is 9.59 Å². The van der Waals surface area contributed by atoms with Gasteiger partial charge in [-0.1, -0.05) is 0 Å². The van der Waals surface area contributed by atoms with E-state index in [0.29, 0.717) is 19.5 Å². The molecule has 0 spiro atoms. The van der Waals surface area contributed by atoms with Crippen LogP contribution >= 0.6 is 0 Å². The second kappa shape index (κ2) is 6.75. The summed E-state index contributed by atoms with van der Waals surface area (Å²) in [7, 11) is 1.34. The first kappa shape index (κ1) is 14.1. The lowest BCUT2D eigenvalue weighted by molar-refractivity contribution is -0.142. The van der Waals surface area contributed by atoms with E-state index in [-0.39, 0.29) is 25.0 Å². The molecule has 6 heteroatoms. The van der Waals surface area contributed by atoms with E-state index in [4.69, 9.17) is 6.11 Å². The molecule has 2 atom stereocenters. The number of nitrogens with one attached hydrogen (secondary N) is 1. The van der Waals surface area contributed by atoms with Gasteiger partial charge in [0.15, 0.2) is 0 Å². The molecule has 0 unspecified atom stereocenters. The zero-order valence-corrected chi connectivity index (χ0v) is 12.1. The van der Waals surface area contributed by atoms with Crippen molar-refractivity contribution < 1.29 is 20.4 Å². The number of carbonyl (C=O) groups excluding carboxylic acids is 2. The Morgan fingerprint density at radius 2 is 2.16 bits per heavy atom. The van der Waals surface area contributed by atoms with Gasteiger partial charge in [-0.2, -0.15) is 0 Å². The number of ether oxygens (including phenoxy) is 2. The smallest absolute Gasteiger partial charge is 0.407 e. The number of esters is 1. The Balaban J connectivity index is 2.44. The fourth-order valence-corrected chi connectivity index (χ4v) is 1.88. The van der Waals surface area contributed by atoms with Crippen molar-refractivity contribution in [2.45, 2.75) is 45.2 Å². The zero-order valence-electron chi connectivity index (χ0n) is 13.1. The van der Waals surface area contributed by atoms with Gasteiger partial charge < -0.3 is 14.8 Å². The standard InChI is InChI=1S/C13H24N2O4/c1-13(2,3)19-12(17)14-8-10-6-5-7-15(10)9-11(16)18-4/h10H,5-9H2,1-4H3,(H,14,17)/t10-/m1/s1/i5T/t5-,10+/m0. The number of carbonyl (C=O) groups is 2. The van der Waals surface area contributed by atoms with E-state index in [1.54, 1.807) is 20.8 Å². The van der Waals surface area contributed by atoms with Crippen LogP contribution in [0.3, 0.4) is 0 Å². The normalized spacial score (nSPS) is 24.7. The van der Waals surface area contributed by atoms with Gasteiger partial charge in [-0.05, 0) is 40.1 Å². The van der Waals surface area contributed by atoms with Crippen LogP contribution in [0.15, 0.2) is 0 Å². The lowest BCUT2D eigenvalue weighted by Crippen LogP contribution is -2.43. The SMILES string of the molecule is [3H][C@H]1C[C@H](CNC(=O)OC(C)(C)C)N(CC(=O)OC)C1. The summed E-state index contributed by atoms with van der Waals surface area (Å²) in [5.41, 5.74) is -0.538. The van der Waals surface area contributed by atoms with Crippen molar-refractivity contribution in [1.29, 1.82) is 0 Å². The summed E-state index contributed by atoms with van der Waals surface area (Å²) in [4.78, 5) is 24.8. The molecule has 1 saturated heterocycles. The number of alkyl carbamates (subject to hydrolysis) is 1. The Morgan fingerprint density at radius 1 is 1.47 bits per heavy atom.